The third-order valence-electron chi connectivity index (χ3n) is 1.13. The van der Waals surface area contributed by atoms with E-state index >= 15 is 0 Å². The molecule has 3 heteroatoms. The summed E-state index contributed by atoms with van der Waals surface area (Å²) in [5.74, 6) is 0. The summed E-state index contributed by atoms with van der Waals surface area (Å²) in [5.41, 5.74) is 0.969. The van der Waals surface area contributed by atoms with E-state index in [1.807, 2.05) is 25.3 Å². The molecule has 0 saturated heterocycles. The highest BCUT2D eigenvalue weighted by atomic mass is 35.5. The molecule has 0 saturated carbocycles. The molecule has 1 nitrogen and oxygen atoms in total. The van der Waals surface area contributed by atoms with Crippen molar-refractivity contribution in [3.63, 3.8) is 0 Å². The highest BCUT2D eigenvalue weighted by Crippen LogP contribution is 2.18. The summed E-state index contributed by atoms with van der Waals surface area (Å²) in [7, 11) is 0. The van der Waals surface area contributed by atoms with Crippen LogP contribution >= 0.6 is 23.4 Å². The highest BCUT2D eigenvalue weighted by Gasteiger charge is 1.94. The van der Waals surface area contributed by atoms with Gasteiger partial charge in [0.15, 0.2) is 0 Å². The van der Waals surface area contributed by atoms with Crippen LogP contribution in [0.2, 0.25) is 5.15 Å². The second-order valence-electron chi connectivity index (χ2n) is 1.97. The molecule has 0 atom stereocenters. The molecule has 0 aliphatic carbocycles. The van der Waals surface area contributed by atoms with Crippen molar-refractivity contribution in [3.05, 3.63) is 23.0 Å². The molecule has 0 N–H and O–H groups in total. The Bertz CT molecular complexity index is 217. The molecule has 1 aromatic heterocycles. The second-order valence-corrected chi connectivity index (χ2v) is 3.24. The van der Waals surface area contributed by atoms with Crippen molar-refractivity contribution >= 4 is 23.4 Å². The predicted octanol–water partition coefficient (Wildman–Crippen LogP) is 2.77. The molecule has 0 aliphatic heterocycles. The van der Waals surface area contributed by atoms with Gasteiger partial charge in [0.2, 0.25) is 0 Å². The van der Waals surface area contributed by atoms with E-state index in [1.54, 1.807) is 11.8 Å². The van der Waals surface area contributed by atoms with Crippen molar-refractivity contribution in [2.75, 3.05) is 6.26 Å². The summed E-state index contributed by atoms with van der Waals surface area (Å²) in [6, 6.07) is 3.87. The number of halogens is 1. The summed E-state index contributed by atoms with van der Waals surface area (Å²) >= 11 is 7.38. The summed E-state index contributed by atoms with van der Waals surface area (Å²) in [6.45, 7) is 1.94. The van der Waals surface area contributed by atoms with Crippen molar-refractivity contribution < 1.29 is 0 Å². The smallest absolute Gasteiger partial charge is 0.130 e. The minimum Gasteiger partial charge on any atom is -0.241 e. The van der Waals surface area contributed by atoms with Crippen molar-refractivity contribution in [1.29, 1.82) is 0 Å². The summed E-state index contributed by atoms with van der Waals surface area (Å²) < 4.78 is 0. The number of pyridine rings is 1. The van der Waals surface area contributed by atoms with Crippen LogP contribution in [0.1, 0.15) is 5.69 Å². The Balaban J connectivity index is 3.06. The van der Waals surface area contributed by atoms with Gasteiger partial charge < -0.3 is 0 Å². The first-order chi connectivity index (χ1) is 4.72. The Morgan fingerprint density at radius 1 is 1.50 bits per heavy atom. The third kappa shape index (κ3) is 1.89. The van der Waals surface area contributed by atoms with Crippen LogP contribution < -0.4 is 0 Å². The van der Waals surface area contributed by atoms with Gasteiger partial charge in [0.05, 0.1) is 0 Å². The molecular formula is C7H8ClNS. The summed E-state index contributed by atoms with van der Waals surface area (Å²) in [5, 5.41) is 0.573. The van der Waals surface area contributed by atoms with E-state index in [4.69, 9.17) is 11.6 Å². The first-order valence-corrected chi connectivity index (χ1v) is 4.51. The van der Waals surface area contributed by atoms with Gasteiger partial charge in [-0.1, -0.05) is 11.6 Å². The van der Waals surface area contributed by atoms with Crippen molar-refractivity contribution in [1.82, 2.24) is 4.98 Å². The Hall–Kier alpha value is -0.210. The van der Waals surface area contributed by atoms with Gasteiger partial charge in [-0.05, 0) is 25.3 Å². The van der Waals surface area contributed by atoms with Crippen molar-refractivity contribution in [2.45, 2.75) is 11.8 Å². The standard InChI is InChI=1S/C7H8ClNS/c1-5-3-6(10-2)4-7(8)9-5/h3-4H,1-2H3. The van der Waals surface area contributed by atoms with Gasteiger partial charge >= 0.3 is 0 Å². The van der Waals surface area contributed by atoms with E-state index in [9.17, 15) is 0 Å². The fourth-order valence-electron chi connectivity index (χ4n) is 0.716. The lowest BCUT2D eigenvalue weighted by molar-refractivity contribution is 1.16. The fraction of sp³-hybridized carbons (Fsp3) is 0.286. The number of thioether (sulfide) groups is 1. The minimum atomic E-state index is 0.573. The van der Waals surface area contributed by atoms with Gasteiger partial charge in [-0.3, -0.25) is 0 Å². The van der Waals surface area contributed by atoms with E-state index in [-0.39, 0.29) is 0 Å². The van der Waals surface area contributed by atoms with Gasteiger partial charge in [-0.25, -0.2) is 4.98 Å². The zero-order valence-electron chi connectivity index (χ0n) is 5.89. The maximum atomic E-state index is 5.70. The van der Waals surface area contributed by atoms with Gasteiger partial charge in [-0.2, -0.15) is 0 Å². The Labute approximate surface area is 69.8 Å². The molecule has 0 amide bonds. The Morgan fingerprint density at radius 2 is 2.20 bits per heavy atom. The van der Waals surface area contributed by atoms with Crippen LogP contribution in [0.25, 0.3) is 0 Å². The molecule has 10 heavy (non-hydrogen) atoms. The molecule has 0 spiro atoms. The van der Waals surface area contributed by atoms with E-state index in [2.05, 4.69) is 4.98 Å². The van der Waals surface area contributed by atoms with Crippen LogP contribution in [0.3, 0.4) is 0 Å². The summed E-state index contributed by atoms with van der Waals surface area (Å²) in [4.78, 5) is 5.20. The van der Waals surface area contributed by atoms with Crippen LogP contribution in [-0.2, 0) is 0 Å². The number of rotatable bonds is 1. The number of hydrogen-bond donors (Lipinski definition) is 0. The van der Waals surface area contributed by atoms with Crippen LogP contribution in [0, 0.1) is 6.92 Å². The van der Waals surface area contributed by atoms with Crippen LogP contribution in [0.5, 0.6) is 0 Å². The molecule has 0 unspecified atom stereocenters. The quantitative estimate of drug-likeness (QED) is 0.479. The molecule has 1 heterocycles. The molecule has 0 fully saturated rings. The fourth-order valence-corrected chi connectivity index (χ4v) is 1.55. The normalized spacial score (nSPS) is 9.90. The largest absolute Gasteiger partial charge is 0.241 e. The number of hydrogen-bond acceptors (Lipinski definition) is 2. The average molecular weight is 174 g/mol. The molecule has 1 aromatic rings. The van der Waals surface area contributed by atoms with Crippen LogP contribution in [0.4, 0.5) is 0 Å². The minimum absolute atomic E-state index is 0.573. The third-order valence-corrected chi connectivity index (χ3v) is 2.03. The first-order valence-electron chi connectivity index (χ1n) is 2.90. The lowest BCUT2D eigenvalue weighted by Crippen LogP contribution is -1.81. The lowest BCUT2D eigenvalue weighted by Gasteiger charge is -1.97. The topological polar surface area (TPSA) is 12.9 Å². The van der Waals surface area contributed by atoms with E-state index in [1.165, 1.54) is 0 Å². The highest BCUT2D eigenvalue weighted by molar-refractivity contribution is 7.98. The molecular weight excluding hydrogens is 166 g/mol. The lowest BCUT2D eigenvalue weighted by atomic mass is 10.4. The number of aryl methyl sites for hydroxylation is 1. The first kappa shape index (κ1) is 7.89. The van der Waals surface area contributed by atoms with Crippen LogP contribution in [0.15, 0.2) is 17.0 Å². The SMILES string of the molecule is CSc1cc(C)nc(Cl)c1. The van der Waals surface area contributed by atoms with E-state index in [0.29, 0.717) is 5.15 Å². The maximum Gasteiger partial charge on any atom is 0.130 e. The molecule has 0 radical (unpaired) electrons. The molecule has 0 bridgehead atoms. The number of aromatic nitrogens is 1. The van der Waals surface area contributed by atoms with Gasteiger partial charge in [0, 0.05) is 10.6 Å². The summed E-state index contributed by atoms with van der Waals surface area (Å²) in [6.07, 6.45) is 2.02. The maximum absolute atomic E-state index is 5.70. The molecule has 0 aliphatic rings. The van der Waals surface area contributed by atoms with E-state index in [0.717, 1.165) is 10.6 Å². The van der Waals surface area contributed by atoms with Gasteiger partial charge in [0.25, 0.3) is 0 Å². The number of nitrogens with zero attached hydrogens (tertiary/aromatic N) is 1. The Kier molecular flexibility index (Phi) is 2.57. The van der Waals surface area contributed by atoms with Crippen LogP contribution in [-0.4, -0.2) is 11.2 Å². The predicted molar refractivity (Wildman–Crippen MR) is 45.8 cm³/mol. The van der Waals surface area contributed by atoms with E-state index < -0.39 is 0 Å². The van der Waals surface area contributed by atoms with Gasteiger partial charge in [-0.15, -0.1) is 11.8 Å². The molecule has 54 valence electrons. The average Bonchev–Trinajstić information content (AvgIpc) is 1.85. The monoisotopic (exact) mass is 173 g/mol. The Morgan fingerprint density at radius 3 is 2.70 bits per heavy atom. The zero-order valence-corrected chi connectivity index (χ0v) is 7.46. The van der Waals surface area contributed by atoms with Gasteiger partial charge in [0.1, 0.15) is 5.15 Å². The van der Waals surface area contributed by atoms with Crippen molar-refractivity contribution in [2.24, 2.45) is 0 Å². The molecule has 1 rings (SSSR count). The second kappa shape index (κ2) is 3.26. The zero-order chi connectivity index (χ0) is 7.56. The van der Waals surface area contributed by atoms with Crippen molar-refractivity contribution in [3.8, 4) is 0 Å². The molecule has 0 aromatic carbocycles.